The lowest BCUT2D eigenvalue weighted by molar-refractivity contribution is 0.104. The number of hydrogen-bond donors (Lipinski definition) is 0. The van der Waals surface area contributed by atoms with E-state index in [0.717, 1.165) is 12.1 Å². The third kappa shape index (κ3) is 4.59. The van der Waals surface area contributed by atoms with Crippen LogP contribution >= 0.6 is 11.6 Å². The number of halogens is 3. The first kappa shape index (κ1) is 18.5. The number of methoxy groups -OCH3 is 1. The quantitative estimate of drug-likeness (QED) is 0.430. The van der Waals surface area contributed by atoms with Gasteiger partial charge in [-0.1, -0.05) is 23.6 Å². The van der Waals surface area contributed by atoms with Crippen LogP contribution in [0.1, 0.15) is 15.9 Å². The summed E-state index contributed by atoms with van der Waals surface area (Å²) >= 11 is 6.14. The predicted octanol–water partition coefficient (Wildman–Crippen LogP) is 4.53. The molecule has 2 aromatic rings. The molecule has 0 radical (unpaired) electrons. The lowest BCUT2D eigenvalue weighted by Gasteiger charge is -2.11. The summed E-state index contributed by atoms with van der Waals surface area (Å²) in [4.78, 5) is 12.0. The number of benzene rings is 2. The van der Waals surface area contributed by atoms with Crippen LogP contribution in [0.25, 0.3) is 6.08 Å². The van der Waals surface area contributed by atoms with Gasteiger partial charge in [-0.15, -0.1) is 6.42 Å². The highest BCUT2D eigenvalue weighted by Gasteiger charge is 2.12. The fourth-order valence-corrected chi connectivity index (χ4v) is 2.28. The summed E-state index contributed by atoms with van der Waals surface area (Å²) in [7, 11) is 1.44. The van der Waals surface area contributed by atoms with E-state index in [1.54, 1.807) is 12.1 Å². The number of terminal acetylenes is 1. The molecule has 128 valence electrons. The maximum absolute atomic E-state index is 13.2. The van der Waals surface area contributed by atoms with Gasteiger partial charge in [0.15, 0.2) is 28.9 Å². The van der Waals surface area contributed by atoms with Crippen molar-refractivity contribution in [2.45, 2.75) is 0 Å². The highest BCUT2D eigenvalue weighted by atomic mass is 35.5. The van der Waals surface area contributed by atoms with Crippen LogP contribution in [-0.2, 0) is 0 Å². The predicted molar refractivity (Wildman–Crippen MR) is 92.1 cm³/mol. The van der Waals surface area contributed by atoms with E-state index in [9.17, 15) is 13.6 Å². The van der Waals surface area contributed by atoms with Gasteiger partial charge in [-0.25, -0.2) is 8.78 Å². The number of carbonyl (C=O) groups excluding carboxylic acids is 1. The highest BCUT2D eigenvalue weighted by molar-refractivity contribution is 6.32. The Morgan fingerprint density at radius 2 is 2.04 bits per heavy atom. The smallest absolute Gasteiger partial charge is 0.185 e. The average molecular weight is 363 g/mol. The molecule has 0 fully saturated rings. The van der Waals surface area contributed by atoms with Crippen LogP contribution in [0, 0.1) is 24.0 Å². The summed E-state index contributed by atoms with van der Waals surface area (Å²) in [6, 6.07) is 6.10. The summed E-state index contributed by atoms with van der Waals surface area (Å²) in [5.41, 5.74) is 0.591. The first-order valence-corrected chi connectivity index (χ1v) is 7.45. The van der Waals surface area contributed by atoms with E-state index in [4.69, 9.17) is 27.5 Å². The fraction of sp³-hybridized carbons (Fsp3) is 0.105. The Hall–Kier alpha value is -2.84. The summed E-state index contributed by atoms with van der Waals surface area (Å²) < 4.78 is 36.6. The third-order valence-corrected chi connectivity index (χ3v) is 3.46. The number of allylic oxidation sites excluding steroid dienone is 1. The molecular formula is C19H13ClF2O3. The molecule has 0 spiro atoms. The molecule has 0 heterocycles. The molecule has 2 aromatic carbocycles. The van der Waals surface area contributed by atoms with Gasteiger partial charge in [-0.3, -0.25) is 4.79 Å². The number of carbonyl (C=O) groups is 1. The van der Waals surface area contributed by atoms with Crippen LogP contribution in [0.5, 0.6) is 11.5 Å². The zero-order chi connectivity index (χ0) is 18.4. The van der Waals surface area contributed by atoms with E-state index in [0.29, 0.717) is 17.1 Å². The average Bonchev–Trinajstić information content (AvgIpc) is 2.60. The van der Waals surface area contributed by atoms with Crippen LogP contribution < -0.4 is 9.47 Å². The Morgan fingerprint density at radius 1 is 1.28 bits per heavy atom. The molecule has 0 aliphatic rings. The zero-order valence-electron chi connectivity index (χ0n) is 13.2. The highest BCUT2D eigenvalue weighted by Crippen LogP contribution is 2.36. The van der Waals surface area contributed by atoms with Crippen molar-refractivity contribution in [1.82, 2.24) is 0 Å². The van der Waals surface area contributed by atoms with Crippen LogP contribution in [0.15, 0.2) is 36.4 Å². The summed E-state index contributed by atoms with van der Waals surface area (Å²) in [5, 5.41) is 0.259. The van der Waals surface area contributed by atoms with E-state index in [1.165, 1.54) is 25.3 Å². The van der Waals surface area contributed by atoms with Crippen molar-refractivity contribution < 1.29 is 23.0 Å². The second-order valence-electron chi connectivity index (χ2n) is 4.85. The molecule has 0 saturated heterocycles. The Labute approximate surface area is 148 Å². The molecule has 0 aliphatic carbocycles. The summed E-state index contributed by atoms with van der Waals surface area (Å²) in [6.07, 6.45) is 7.84. The zero-order valence-corrected chi connectivity index (χ0v) is 13.9. The molecule has 3 nitrogen and oxygen atoms in total. The second kappa shape index (κ2) is 8.32. The third-order valence-electron chi connectivity index (χ3n) is 3.18. The molecule has 6 heteroatoms. The van der Waals surface area contributed by atoms with E-state index in [1.807, 2.05) is 0 Å². The van der Waals surface area contributed by atoms with E-state index < -0.39 is 17.4 Å². The SMILES string of the molecule is C#CCOc1c(Cl)cc(/C=C/C(=O)c2ccc(F)c(F)c2)cc1OC. The Kier molecular flexibility index (Phi) is 6.15. The molecule has 0 aromatic heterocycles. The van der Waals surface area contributed by atoms with Gasteiger partial charge in [0.05, 0.1) is 12.1 Å². The Morgan fingerprint density at radius 3 is 2.68 bits per heavy atom. The maximum atomic E-state index is 13.2. The standard InChI is InChI=1S/C19H13ClF2O3/c1-3-8-25-19-14(20)9-12(10-18(19)24-2)4-7-17(23)13-5-6-15(21)16(22)11-13/h1,4-7,9-11H,8H2,2H3/b7-4+. The van der Waals surface area contributed by atoms with Crippen LogP contribution in [0.3, 0.4) is 0 Å². The Balaban J connectivity index is 2.25. The van der Waals surface area contributed by atoms with Gasteiger partial charge in [-0.2, -0.15) is 0 Å². The minimum Gasteiger partial charge on any atom is -0.493 e. The molecular weight excluding hydrogens is 350 g/mol. The van der Waals surface area contributed by atoms with Crippen molar-refractivity contribution in [2.24, 2.45) is 0 Å². The van der Waals surface area contributed by atoms with Gasteiger partial charge in [0.1, 0.15) is 6.61 Å². The normalized spacial score (nSPS) is 10.5. The largest absolute Gasteiger partial charge is 0.493 e. The lowest BCUT2D eigenvalue weighted by Crippen LogP contribution is -1.98. The monoisotopic (exact) mass is 362 g/mol. The topological polar surface area (TPSA) is 35.5 Å². The molecule has 2 rings (SSSR count). The minimum absolute atomic E-state index is 0.0277. The molecule has 0 saturated carbocycles. The molecule has 0 aliphatic heterocycles. The Bertz CT molecular complexity index is 870. The molecule has 0 bridgehead atoms. The number of rotatable bonds is 6. The summed E-state index contributed by atoms with van der Waals surface area (Å²) in [5.74, 6) is 0.388. The van der Waals surface area contributed by atoms with E-state index in [2.05, 4.69) is 5.92 Å². The molecule has 0 unspecified atom stereocenters. The first-order valence-electron chi connectivity index (χ1n) is 7.07. The molecule has 25 heavy (non-hydrogen) atoms. The molecule has 0 amide bonds. The fourth-order valence-electron chi connectivity index (χ4n) is 2.01. The van der Waals surface area contributed by atoms with Crippen LogP contribution in [-0.4, -0.2) is 19.5 Å². The van der Waals surface area contributed by atoms with Gasteiger partial charge < -0.3 is 9.47 Å². The van der Waals surface area contributed by atoms with Gasteiger partial charge in [0.25, 0.3) is 0 Å². The van der Waals surface area contributed by atoms with Crippen molar-refractivity contribution >= 4 is 23.5 Å². The second-order valence-corrected chi connectivity index (χ2v) is 5.26. The molecule has 0 N–H and O–H groups in total. The van der Waals surface area contributed by atoms with Crippen LogP contribution in [0.4, 0.5) is 8.78 Å². The number of hydrogen-bond acceptors (Lipinski definition) is 3. The first-order chi connectivity index (χ1) is 12.0. The van der Waals surface area contributed by atoms with E-state index in [-0.39, 0.29) is 17.2 Å². The van der Waals surface area contributed by atoms with E-state index >= 15 is 0 Å². The maximum Gasteiger partial charge on any atom is 0.185 e. The van der Waals surface area contributed by atoms with Gasteiger partial charge in [0.2, 0.25) is 0 Å². The van der Waals surface area contributed by atoms with Crippen molar-refractivity contribution in [1.29, 1.82) is 0 Å². The summed E-state index contributed by atoms with van der Waals surface area (Å²) in [6.45, 7) is 0.0277. The number of ether oxygens (including phenoxy) is 2. The van der Waals surface area contributed by atoms with Crippen LogP contribution in [0.2, 0.25) is 5.02 Å². The minimum atomic E-state index is -1.08. The molecule has 0 atom stereocenters. The van der Waals surface area contributed by atoms with Gasteiger partial charge in [-0.05, 0) is 42.0 Å². The lowest BCUT2D eigenvalue weighted by atomic mass is 10.1. The van der Waals surface area contributed by atoms with Gasteiger partial charge in [0, 0.05) is 5.56 Å². The number of ketones is 1. The van der Waals surface area contributed by atoms with Crippen molar-refractivity contribution in [3.63, 3.8) is 0 Å². The van der Waals surface area contributed by atoms with Crippen molar-refractivity contribution in [2.75, 3.05) is 13.7 Å². The van der Waals surface area contributed by atoms with Crippen molar-refractivity contribution in [3.8, 4) is 23.8 Å². The van der Waals surface area contributed by atoms with Crippen molar-refractivity contribution in [3.05, 3.63) is 64.2 Å². The van der Waals surface area contributed by atoms with Gasteiger partial charge >= 0.3 is 0 Å².